The monoisotopic (exact) mass is 705 g/mol. The fraction of sp³-hybridized carbons (Fsp3) is 0.837. The van der Waals surface area contributed by atoms with Crippen molar-refractivity contribution in [3.63, 3.8) is 0 Å². The lowest BCUT2D eigenvalue weighted by molar-refractivity contribution is -0.150. The largest absolute Gasteiger partial charge is 0.480 e. The third-order valence-corrected chi connectivity index (χ3v) is 9.52. The summed E-state index contributed by atoms with van der Waals surface area (Å²) in [7, 11) is 0. The van der Waals surface area contributed by atoms with Gasteiger partial charge in [0.2, 0.25) is 5.91 Å². The third kappa shape index (κ3) is 34.3. The van der Waals surface area contributed by atoms with Crippen LogP contribution in [0.5, 0.6) is 0 Å². The van der Waals surface area contributed by atoms with Crippen molar-refractivity contribution >= 4 is 17.8 Å². The molecule has 0 heterocycles. The Kier molecular flexibility index (Phi) is 36.5. The fourth-order valence-electron chi connectivity index (χ4n) is 6.30. The number of allylic oxidation sites excluding steroid dienone is 4. The summed E-state index contributed by atoms with van der Waals surface area (Å²) >= 11 is 0. The van der Waals surface area contributed by atoms with Gasteiger partial charge < -0.3 is 20.9 Å². The van der Waals surface area contributed by atoms with Crippen molar-refractivity contribution in [2.45, 2.75) is 225 Å². The van der Waals surface area contributed by atoms with Crippen LogP contribution in [-0.2, 0) is 19.1 Å². The van der Waals surface area contributed by atoms with Gasteiger partial charge in [-0.15, -0.1) is 0 Å². The molecule has 0 saturated heterocycles. The standard InChI is InChI=1S/C43H80N2O5/c1-3-5-7-8-9-10-11-12-13-14-15-16-17-18-19-20-21-22-23-24-25-26-31-37-42(47)50-39(33-28-6-4-2)34-29-27-30-36-41(46)45-40(43(48)49)35-32-38-44/h11-12,14-15,39-40H,3-10,13,16-38,44H2,1-2H3,(H,45,46)(H,48,49)/b12-11-,15-14-. The number of carbonyl (C=O) groups is 3. The third-order valence-electron chi connectivity index (χ3n) is 9.52. The predicted molar refractivity (Wildman–Crippen MR) is 211 cm³/mol. The van der Waals surface area contributed by atoms with Crippen molar-refractivity contribution in [3.8, 4) is 0 Å². The maximum absolute atomic E-state index is 12.6. The van der Waals surface area contributed by atoms with Crippen LogP contribution < -0.4 is 11.1 Å². The minimum Gasteiger partial charge on any atom is -0.480 e. The van der Waals surface area contributed by atoms with Crippen molar-refractivity contribution in [2.24, 2.45) is 5.73 Å². The van der Waals surface area contributed by atoms with E-state index in [1.807, 2.05) is 0 Å². The first-order valence-corrected chi connectivity index (χ1v) is 21.2. The highest BCUT2D eigenvalue weighted by Gasteiger charge is 2.19. The van der Waals surface area contributed by atoms with Gasteiger partial charge in [-0.3, -0.25) is 9.59 Å². The molecule has 0 aliphatic rings. The molecule has 4 N–H and O–H groups in total. The second kappa shape index (κ2) is 38.1. The van der Waals surface area contributed by atoms with Gasteiger partial charge in [0.1, 0.15) is 12.1 Å². The summed E-state index contributed by atoms with van der Waals surface area (Å²) in [5.74, 6) is -1.32. The summed E-state index contributed by atoms with van der Waals surface area (Å²) in [5.41, 5.74) is 5.47. The lowest BCUT2D eigenvalue weighted by Crippen LogP contribution is -2.40. The first-order chi connectivity index (χ1) is 24.4. The molecule has 0 aliphatic heterocycles. The molecule has 50 heavy (non-hydrogen) atoms. The number of carboxylic acids is 1. The van der Waals surface area contributed by atoms with Crippen molar-refractivity contribution < 1.29 is 24.2 Å². The smallest absolute Gasteiger partial charge is 0.326 e. The van der Waals surface area contributed by atoms with E-state index in [0.717, 1.165) is 64.2 Å². The van der Waals surface area contributed by atoms with Crippen molar-refractivity contribution in [3.05, 3.63) is 24.3 Å². The molecule has 0 aromatic carbocycles. The van der Waals surface area contributed by atoms with E-state index < -0.39 is 12.0 Å². The number of nitrogens with two attached hydrogens (primary N) is 1. The maximum Gasteiger partial charge on any atom is 0.326 e. The van der Waals surface area contributed by atoms with E-state index in [-0.39, 0.29) is 18.0 Å². The lowest BCUT2D eigenvalue weighted by atomic mass is 10.0. The Labute approximate surface area is 308 Å². The summed E-state index contributed by atoms with van der Waals surface area (Å²) < 4.78 is 5.89. The number of hydrogen-bond acceptors (Lipinski definition) is 5. The predicted octanol–water partition coefficient (Wildman–Crippen LogP) is 11.7. The first-order valence-electron chi connectivity index (χ1n) is 21.2. The molecule has 7 nitrogen and oxygen atoms in total. The highest BCUT2D eigenvalue weighted by Crippen LogP contribution is 2.18. The Hall–Kier alpha value is -2.15. The molecule has 0 radical (unpaired) electrons. The van der Waals surface area contributed by atoms with Gasteiger partial charge in [-0.1, -0.05) is 141 Å². The van der Waals surface area contributed by atoms with Gasteiger partial charge in [-0.05, 0) is 90.0 Å². The van der Waals surface area contributed by atoms with E-state index in [1.54, 1.807) is 0 Å². The van der Waals surface area contributed by atoms with Crippen LogP contribution in [0.25, 0.3) is 0 Å². The number of rotatable bonds is 38. The molecule has 0 rings (SSSR count). The summed E-state index contributed by atoms with van der Waals surface area (Å²) in [6.45, 7) is 4.85. The number of ether oxygens (including phenoxy) is 1. The molecule has 0 aromatic rings. The molecule has 292 valence electrons. The molecule has 0 spiro atoms. The average molecular weight is 705 g/mol. The quantitative estimate of drug-likeness (QED) is 0.0334. The Morgan fingerprint density at radius 3 is 1.58 bits per heavy atom. The topological polar surface area (TPSA) is 119 Å². The average Bonchev–Trinajstić information content (AvgIpc) is 3.10. The van der Waals surface area contributed by atoms with E-state index >= 15 is 0 Å². The van der Waals surface area contributed by atoms with Crippen molar-refractivity contribution in [1.82, 2.24) is 5.32 Å². The molecular formula is C43H80N2O5. The SMILES string of the molecule is CCCCCCC/C=C\C/C=C\CCCCCCCCCCCCCC(=O)OC(CCCCC)CCCCCC(=O)NC(CCCN)C(=O)O. The number of carboxylic acid groups (broad SMARTS) is 1. The van der Waals surface area contributed by atoms with Crippen LogP contribution in [0.2, 0.25) is 0 Å². The molecule has 0 bridgehead atoms. The van der Waals surface area contributed by atoms with Crippen LogP contribution in [0.4, 0.5) is 0 Å². The van der Waals surface area contributed by atoms with E-state index in [1.165, 1.54) is 103 Å². The van der Waals surface area contributed by atoms with Crippen molar-refractivity contribution in [1.29, 1.82) is 0 Å². The van der Waals surface area contributed by atoms with Crippen LogP contribution in [0.15, 0.2) is 24.3 Å². The van der Waals surface area contributed by atoms with Gasteiger partial charge in [-0.2, -0.15) is 0 Å². The second-order valence-electron chi connectivity index (χ2n) is 14.4. The Morgan fingerprint density at radius 2 is 1.04 bits per heavy atom. The van der Waals surface area contributed by atoms with E-state index in [2.05, 4.69) is 43.5 Å². The maximum atomic E-state index is 12.6. The van der Waals surface area contributed by atoms with Gasteiger partial charge in [0, 0.05) is 12.8 Å². The zero-order valence-electron chi connectivity index (χ0n) is 32.7. The summed E-state index contributed by atoms with van der Waals surface area (Å²) in [6.07, 6.45) is 42.7. The number of hydrogen-bond donors (Lipinski definition) is 3. The number of unbranched alkanes of at least 4 members (excludes halogenated alkanes) is 20. The molecule has 2 atom stereocenters. The van der Waals surface area contributed by atoms with E-state index in [0.29, 0.717) is 38.6 Å². The molecule has 0 fully saturated rings. The number of nitrogens with one attached hydrogen (secondary N) is 1. The summed E-state index contributed by atoms with van der Waals surface area (Å²) in [6, 6.07) is -0.871. The van der Waals surface area contributed by atoms with Crippen molar-refractivity contribution in [2.75, 3.05) is 6.54 Å². The van der Waals surface area contributed by atoms with Gasteiger partial charge in [-0.25, -0.2) is 4.79 Å². The van der Waals surface area contributed by atoms with Gasteiger partial charge >= 0.3 is 11.9 Å². The fourth-order valence-corrected chi connectivity index (χ4v) is 6.30. The van der Waals surface area contributed by atoms with Crippen LogP contribution in [0.1, 0.15) is 213 Å². The number of carbonyl (C=O) groups excluding carboxylic acids is 2. The number of aliphatic carboxylic acids is 1. The molecule has 2 unspecified atom stereocenters. The van der Waals surface area contributed by atoms with Gasteiger partial charge in [0.25, 0.3) is 0 Å². The normalized spacial score (nSPS) is 12.9. The molecule has 1 amide bonds. The molecule has 0 aliphatic carbocycles. The summed E-state index contributed by atoms with van der Waals surface area (Å²) in [4.78, 5) is 36.1. The zero-order chi connectivity index (χ0) is 36.8. The van der Waals surface area contributed by atoms with Crippen LogP contribution >= 0.6 is 0 Å². The number of esters is 1. The minimum absolute atomic E-state index is 0.0473. The van der Waals surface area contributed by atoms with Crippen LogP contribution in [0.3, 0.4) is 0 Å². The molecule has 0 saturated carbocycles. The van der Waals surface area contributed by atoms with E-state index in [9.17, 15) is 19.5 Å². The molecular weight excluding hydrogens is 624 g/mol. The lowest BCUT2D eigenvalue weighted by Gasteiger charge is -2.18. The van der Waals surface area contributed by atoms with Gasteiger partial charge in [0.05, 0.1) is 0 Å². The first kappa shape index (κ1) is 47.8. The second-order valence-corrected chi connectivity index (χ2v) is 14.4. The highest BCUT2D eigenvalue weighted by atomic mass is 16.5. The Morgan fingerprint density at radius 1 is 0.580 bits per heavy atom. The summed E-state index contributed by atoms with van der Waals surface area (Å²) in [5, 5.41) is 11.9. The van der Waals surface area contributed by atoms with Gasteiger partial charge in [0.15, 0.2) is 0 Å². The van der Waals surface area contributed by atoms with Crippen LogP contribution in [-0.4, -0.2) is 41.6 Å². The highest BCUT2D eigenvalue weighted by molar-refractivity contribution is 5.83. The Balaban J connectivity index is 3.82. The zero-order valence-corrected chi connectivity index (χ0v) is 32.7. The Bertz CT molecular complexity index is 843. The minimum atomic E-state index is -1.02. The number of amides is 1. The van der Waals surface area contributed by atoms with E-state index in [4.69, 9.17) is 10.5 Å². The van der Waals surface area contributed by atoms with Crippen LogP contribution in [0, 0.1) is 0 Å². The molecule has 7 heteroatoms. The molecule has 0 aromatic heterocycles.